The fourth-order valence-electron chi connectivity index (χ4n) is 3.48. The molecular weight excluding hydrogens is 486 g/mol. The van der Waals surface area contributed by atoms with Crippen LogP contribution in [0.15, 0.2) is 60.0 Å². The number of β-amino-alcohol motifs (C(OH)–C–C–N with tert-alkyl or cyclic N) is 1. The van der Waals surface area contributed by atoms with Crippen LogP contribution in [0.3, 0.4) is 0 Å². The Morgan fingerprint density at radius 1 is 1.29 bits per heavy atom. The van der Waals surface area contributed by atoms with E-state index in [-0.39, 0.29) is 12.5 Å². The number of allylic oxidation sites excluding steroid dienone is 5. The standard InChI is InChI=1S/C24H30ClN7O2S/c1-5-7-18(25)22(16(3)6-2)30-23(34)19-15-26-24(35-19)29-20-14-21(28-17(4)27-20)32-10-8-31(9-11-32)12-13-33/h5-7,14-15,33H,1-2,8-13H2,3-4H3,(H,30,34)(H,26,27,28,29)/b18-7+,22-16+. The number of aromatic nitrogens is 3. The highest BCUT2D eigenvalue weighted by Crippen LogP contribution is 2.25. The fraction of sp³-hybridized carbons (Fsp3) is 0.333. The highest BCUT2D eigenvalue weighted by molar-refractivity contribution is 7.17. The van der Waals surface area contributed by atoms with E-state index < -0.39 is 0 Å². The van der Waals surface area contributed by atoms with Gasteiger partial charge in [0.15, 0.2) is 5.13 Å². The molecule has 0 bridgehead atoms. The second kappa shape index (κ2) is 12.6. The number of nitrogens with zero attached hydrogens (tertiary/aromatic N) is 5. The maximum atomic E-state index is 12.8. The molecule has 9 nitrogen and oxygen atoms in total. The Bertz CT molecular complexity index is 1140. The third-order valence-corrected chi connectivity index (χ3v) is 6.57. The van der Waals surface area contributed by atoms with Gasteiger partial charge in [0.05, 0.1) is 23.5 Å². The molecule has 2 aromatic heterocycles. The van der Waals surface area contributed by atoms with Crippen molar-refractivity contribution in [3.05, 3.63) is 70.7 Å². The first-order chi connectivity index (χ1) is 16.8. The minimum Gasteiger partial charge on any atom is -0.395 e. The fourth-order valence-corrected chi connectivity index (χ4v) is 4.48. The molecule has 0 spiro atoms. The van der Waals surface area contributed by atoms with Gasteiger partial charge >= 0.3 is 0 Å². The van der Waals surface area contributed by atoms with Gasteiger partial charge in [-0.1, -0.05) is 48.2 Å². The summed E-state index contributed by atoms with van der Waals surface area (Å²) < 4.78 is 0. The summed E-state index contributed by atoms with van der Waals surface area (Å²) in [7, 11) is 0. The van der Waals surface area contributed by atoms with Crippen molar-refractivity contribution in [2.75, 3.05) is 49.5 Å². The Morgan fingerprint density at radius 2 is 2.03 bits per heavy atom. The normalized spacial score (nSPS) is 15.4. The van der Waals surface area contributed by atoms with E-state index in [2.05, 4.69) is 48.5 Å². The van der Waals surface area contributed by atoms with Gasteiger partial charge in [-0.2, -0.15) is 0 Å². The van der Waals surface area contributed by atoms with Gasteiger partial charge in [-0.3, -0.25) is 9.69 Å². The zero-order chi connectivity index (χ0) is 25.4. The van der Waals surface area contributed by atoms with Crippen LogP contribution >= 0.6 is 22.9 Å². The number of piperazine rings is 1. The predicted molar refractivity (Wildman–Crippen MR) is 142 cm³/mol. The van der Waals surface area contributed by atoms with Gasteiger partial charge in [0, 0.05) is 38.8 Å². The molecule has 2 aromatic rings. The van der Waals surface area contributed by atoms with Gasteiger partial charge in [0.2, 0.25) is 0 Å². The molecule has 1 saturated heterocycles. The van der Waals surface area contributed by atoms with Crippen LogP contribution in [0.2, 0.25) is 0 Å². The van der Waals surface area contributed by atoms with Crippen LogP contribution in [-0.2, 0) is 0 Å². The molecule has 0 saturated carbocycles. The van der Waals surface area contributed by atoms with Crippen LogP contribution in [0.4, 0.5) is 16.8 Å². The molecule has 1 amide bonds. The van der Waals surface area contributed by atoms with Gasteiger partial charge in [0.1, 0.15) is 22.3 Å². The minimum absolute atomic E-state index is 0.165. The van der Waals surface area contributed by atoms with Crippen molar-refractivity contribution in [1.29, 1.82) is 0 Å². The van der Waals surface area contributed by atoms with Crippen molar-refractivity contribution >= 4 is 45.6 Å². The van der Waals surface area contributed by atoms with Crippen molar-refractivity contribution in [3.8, 4) is 0 Å². The average molecular weight is 516 g/mol. The summed E-state index contributed by atoms with van der Waals surface area (Å²) >= 11 is 7.50. The molecule has 3 rings (SSSR count). The number of hydrogen-bond acceptors (Lipinski definition) is 9. The van der Waals surface area contributed by atoms with E-state index in [1.54, 1.807) is 18.2 Å². The lowest BCUT2D eigenvalue weighted by Gasteiger charge is -2.35. The molecule has 0 aliphatic carbocycles. The Labute approximate surface area is 214 Å². The first-order valence-electron chi connectivity index (χ1n) is 11.1. The highest BCUT2D eigenvalue weighted by Gasteiger charge is 2.19. The van der Waals surface area contributed by atoms with Crippen molar-refractivity contribution in [2.45, 2.75) is 13.8 Å². The second-order valence-electron chi connectivity index (χ2n) is 7.83. The number of halogens is 1. The maximum absolute atomic E-state index is 12.8. The number of amides is 1. The third kappa shape index (κ3) is 7.22. The molecular formula is C24H30ClN7O2S. The van der Waals surface area contributed by atoms with E-state index in [4.69, 9.17) is 16.7 Å². The van der Waals surface area contributed by atoms with Crippen LogP contribution in [0.1, 0.15) is 22.4 Å². The number of carbonyl (C=O) groups is 1. The molecule has 3 heterocycles. The molecule has 1 fully saturated rings. The molecule has 3 N–H and O–H groups in total. The highest BCUT2D eigenvalue weighted by atomic mass is 35.5. The Balaban J connectivity index is 1.71. The lowest BCUT2D eigenvalue weighted by atomic mass is 10.2. The molecule has 11 heteroatoms. The Morgan fingerprint density at radius 3 is 2.69 bits per heavy atom. The van der Waals surface area contributed by atoms with Gasteiger partial charge in [-0.05, 0) is 25.5 Å². The molecule has 0 aromatic carbocycles. The van der Waals surface area contributed by atoms with E-state index in [1.807, 2.05) is 19.9 Å². The van der Waals surface area contributed by atoms with Gasteiger partial charge in [-0.25, -0.2) is 15.0 Å². The van der Waals surface area contributed by atoms with Gasteiger partial charge in [-0.15, -0.1) is 0 Å². The van der Waals surface area contributed by atoms with Crippen LogP contribution in [-0.4, -0.2) is 70.2 Å². The van der Waals surface area contributed by atoms with E-state index in [0.29, 0.717) is 38.9 Å². The summed E-state index contributed by atoms with van der Waals surface area (Å²) in [5.41, 5.74) is 1.19. The van der Waals surface area contributed by atoms with Gasteiger partial charge < -0.3 is 20.6 Å². The Hall–Kier alpha value is -3.05. The number of anilines is 3. The molecule has 1 aliphatic heterocycles. The average Bonchev–Trinajstić information content (AvgIpc) is 3.31. The monoisotopic (exact) mass is 515 g/mol. The van der Waals surface area contributed by atoms with Gasteiger partial charge in [0.25, 0.3) is 5.91 Å². The van der Waals surface area contributed by atoms with E-state index >= 15 is 0 Å². The summed E-state index contributed by atoms with van der Waals surface area (Å²) in [5.74, 6) is 1.74. The third-order valence-electron chi connectivity index (χ3n) is 5.34. The quantitative estimate of drug-likeness (QED) is 0.412. The van der Waals surface area contributed by atoms with E-state index in [9.17, 15) is 4.79 Å². The molecule has 0 unspecified atom stereocenters. The van der Waals surface area contributed by atoms with Crippen LogP contribution in [0, 0.1) is 6.92 Å². The number of hydrogen-bond donors (Lipinski definition) is 3. The number of aliphatic hydroxyl groups excluding tert-OH is 1. The van der Waals surface area contributed by atoms with Crippen LogP contribution in [0.5, 0.6) is 0 Å². The first-order valence-corrected chi connectivity index (χ1v) is 12.3. The smallest absolute Gasteiger partial charge is 0.267 e. The number of aryl methyl sites for hydroxylation is 1. The maximum Gasteiger partial charge on any atom is 0.267 e. The second-order valence-corrected chi connectivity index (χ2v) is 9.27. The summed E-state index contributed by atoms with van der Waals surface area (Å²) in [4.78, 5) is 31.1. The van der Waals surface area contributed by atoms with Crippen molar-refractivity contribution in [3.63, 3.8) is 0 Å². The Kier molecular flexibility index (Phi) is 9.55. The summed E-state index contributed by atoms with van der Waals surface area (Å²) in [6, 6.07) is 1.88. The van der Waals surface area contributed by atoms with E-state index in [0.717, 1.165) is 37.6 Å². The summed E-state index contributed by atoms with van der Waals surface area (Å²) in [5, 5.41) is 16.0. The minimum atomic E-state index is -0.331. The number of aliphatic hydroxyl groups is 1. The van der Waals surface area contributed by atoms with Crippen LogP contribution in [0.25, 0.3) is 0 Å². The lowest BCUT2D eigenvalue weighted by molar-refractivity contribution is 0.0970. The van der Waals surface area contributed by atoms with E-state index in [1.165, 1.54) is 17.5 Å². The molecule has 1 aliphatic rings. The number of rotatable bonds is 10. The zero-order valence-electron chi connectivity index (χ0n) is 19.9. The zero-order valence-corrected chi connectivity index (χ0v) is 21.5. The van der Waals surface area contributed by atoms with Crippen molar-refractivity contribution in [2.24, 2.45) is 0 Å². The first kappa shape index (κ1) is 26.6. The molecule has 0 radical (unpaired) electrons. The molecule has 0 atom stereocenters. The predicted octanol–water partition coefficient (Wildman–Crippen LogP) is 3.60. The molecule has 186 valence electrons. The number of carbonyl (C=O) groups excluding carboxylic acids is 1. The lowest BCUT2D eigenvalue weighted by Crippen LogP contribution is -2.47. The summed E-state index contributed by atoms with van der Waals surface area (Å²) in [6.45, 7) is 15.3. The molecule has 35 heavy (non-hydrogen) atoms. The topological polar surface area (TPSA) is 107 Å². The van der Waals surface area contributed by atoms with Crippen molar-refractivity contribution < 1.29 is 9.90 Å². The van der Waals surface area contributed by atoms with Crippen LogP contribution < -0.4 is 15.5 Å². The largest absolute Gasteiger partial charge is 0.395 e. The SMILES string of the molecule is C=C/C=C(Cl)\C(NC(=O)c1cnc(Nc2cc(N3CCN(CCO)CC3)nc(C)n2)s1)=C(\C)C=C. The van der Waals surface area contributed by atoms with Crippen molar-refractivity contribution in [1.82, 2.24) is 25.2 Å². The summed E-state index contributed by atoms with van der Waals surface area (Å²) in [6.07, 6.45) is 6.28. The number of thiazole rings is 1. The number of nitrogens with one attached hydrogen (secondary N) is 2.